The molecule has 0 unspecified atom stereocenters. The molecule has 0 aliphatic carbocycles. The Kier molecular flexibility index (Phi) is 3.95. The first-order valence-corrected chi connectivity index (χ1v) is 7.89. The summed E-state index contributed by atoms with van der Waals surface area (Å²) in [6, 6.07) is 16.3. The number of nitrogens with zero attached hydrogens (tertiary/aromatic N) is 5. The van der Waals surface area contributed by atoms with E-state index in [9.17, 15) is 9.65 Å². The Labute approximate surface area is 152 Å². The molecule has 0 N–H and O–H groups in total. The van der Waals surface area contributed by atoms with Crippen molar-refractivity contribution in [3.05, 3.63) is 71.0 Å². The first kappa shape index (κ1) is 16.0. The molecule has 2 heterocycles. The number of halogens is 2. The Morgan fingerprint density at radius 3 is 2.69 bits per heavy atom. The molecule has 2 aromatic heterocycles. The van der Waals surface area contributed by atoms with Crippen molar-refractivity contribution in [2.24, 2.45) is 0 Å². The van der Waals surface area contributed by atoms with E-state index < -0.39 is 5.82 Å². The zero-order chi connectivity index (χ0) is 18.1. The van der Waals surface area contributed by atoms with Crippen molar-refractivity contribution in [2.45, 2.75) is 0 Å². The summed E-state index contributed by atoms with van der Waals surface area (Å²) in [7, 11) is 0. The molecule has 4 rings (SSSR count). The third-order valence-electron chi connectivity index (χ3n) is 3.65. The van der Waals surface area contributed by atoms with Gasteiger partial charge in [-0.05, 0) is 30.3 Å². The largest absolute Gasteiger partial charge is 0.436 e. The van der Waals surface area contributed by atoms with Gasteiger partial charge in [0.25, 0.3) is 0 Å². The van der Waals surface area contributed by atoms with E-state index >= 15 is 0 Å². The zero-order valence-electron chi connectivity index (χ0n) is 13.1. The lowest BCUT2D eigenvalue weighted by atomic mass is 10.2. The van der Waals surface area contributed by atoms with Crippen LogP contribution in [-0.4, -0.2) is 19.8 Å². The molecule has 126 valence electrons. The van der Waals surface area contributed by atoms with Crippen LogP contribution in [0.1, 0.15) is 5.56 Å². The number of hydrogen-bond donors (Lipinski definition) is 0. The van der Waals surface area contributed by atoms with E-state index in [1.165, 1.54) is 10.6 Å². The minimum atomic E-state index is -0.434. The summed E-state index contributed by atoms with van der Waals surface area (Å²) in [5.74, 6) is 0.271. The second kappa shape index (κ2) is 6.43. The minimum Gasteiger partial charge on any atom is -0.436 e. The van der Waals surface area contributed by atoms with Crippen LogP contribution in [0.4, 0.5) is 4.39 Å². The summed E-state index contributed by atoms with van der Waals surface area (Å²) in [6.07, 6.45) is 0. The van der Waals surface area contributed by atoms with Gasteiger partial charge in [0, 0.05) is 6.07 Å². The average molecular weight is 366 g/mol. The van der Waals surface area contributed by atoms with Crippen molar-refractivity contribution in [2.75, 3.05) is 0 Å². The lowest BCUT2D eigenvalue weighted by Crippen LogP contribution is -1.99. The van der Waals surface area contributed by atoms with Gasteiger partial charge < -0.3 is 4.74 Å². The van der Waals surface area contributed by atoms with Crippen molar-refractivity contribution in [1.29, 1.82) is 5.26 Å². The average Bonchev–Trinajstić information content (AvgIpc) is 3.05. The van der Waals surface area contributed by atoms with E-state index in [4.69, 9.17) is 16.3 Å². The molecule has 0 fully saturated rings. The molecule has 6 nitrogen and oxygen atoms in total. The Hall–Kier alpha value is -3.50. The highest BCUT2D eigenvalue weighted by Crippen LogP contribution is 2.29. The lowest BCUT2D eigenvalue weighted by Gasteiger charge is -2.08. The molecule has 0 aliphatic heterocycles. The monoisotopic (exact) mass is 365 g/mol. The topological polar surface area (TPSA) is 76.1 Å². The molecule has 0 radical (unpaired) electrons. The predicted octanol–water partition coefficient (Wildman–Crippen LogP) is 4.25. The van der Waals surface area contributed by atoms with Gasteiger partial charge in [0.05, 0.1) is 10.6 Å². The Balaban J connectivity index is 1.80. The summed E-state index contributed by atoms with van der Waals surface area (Å²) < 4.78 is 21.2. The molecule has 2 aromatic carbocycles. The SMILES string of the molecule is N#Cc1c(Cl)cccc1Oc1ccc2nnc(-c3ccccc3F)n2n1. The summed E-state index contributed by atoms with van der Waals surface area (Å²) in [5.41, 5.74) is 0.904. The molecule has 26 heavy (non-hydrogen) atoms. The van der Waals surface area contributed by atoms with E-state index in [0.717, 1.165) is 0 Å². The number of fused-ring (bicyclic) bond motifs is 1. The van der Waals surface area contributed by atoms with Crippen LogP contribution in [0, 0.1) is 17.1 Å². The van der Waals surface area contributed by atoms with Crippen LogP contribution in [-0.2, 0) is 0 Å². The molecule has 4 aromatic rings. The van der Waals surface area contributed by atoms with Crippen molar-refractivity contribution in [3.8, 4) is 29.1 Å². The summed E-state index contributed by atoms with van der Waals surface area (Å²) in [6.45, 7) is 0. The molecule has 0 saturated carbocycles. The van der Waals surface area contributed by atoms with Crippen molar-refractivity contribution in [1.82, 2.24) is 19.8 Å². The number of rotatable bonds is 3. The first-order valence-electron chi connectivity index (χ1n) is 7.51. The minimum absolute atomic E-state index is 0.189. The Morgan fingerprint density at radius 1 is 1.04 bits per heavy atom. The fourth-order valence-electron chi connectivity index (χ4n) is 2.45. The standard InChI is InChI=1S/C18H9ClFN5O/c19-13-5-3-7-15(12(13)10-21)26-17-9-8-16-22-23-18(25(16)24-17)11-4-1-2-6-14(11)20/h1-9H. The maximum Gasteiger partial charge on any atom is 0.237 e. The van der Waals surface area contributed by atoms with Gasteiger partial charge in [-0.1, -0.05) is 29.8 Å². The molecular formula is C18H9ClFN5O. The van der Waals surface area contributed by atoms with Crippen LogP contribution in [0.3, 0.4) is 0 Å². The summed E-state index contributed by atoms with van der Waals surface area (Å²) in [4.78, 5) is 0. The highest BCUT2D eigenvalue weighted by molar-refractivity contribution is 6.31. The quantitative estimate of drug-likeness (QED) is 0.542. The first-order chi connectivity index (χ1) is 12.7. The highest BCUT2D eigenvalue weighted by atomic mass is 35.5. The van der Waals surface area contributed by atoms with Crippen LogP contribution in [0.5, 0.6) is 11.6 Å². The van der Waals surface area contributed by atoms with E-state index in [1.807, 2.05) is 6.07 Å². The zero-order valence-corrected chi connectivity index (χ0v) is 13.9. The summed E-state index contributed by atoms with van der Waals surface area (Å²) in [5, 5.41) is 21.8. The molecule has 0 aliphatic rings. The maximum atomic E-state index is 14.1. The second-order valence-electron chi connectivity index (χ2n) is 5.27. The number of hydrogen-bond acceptors (Lipinski definition) is 5. The predicted molar refractivity (Wildman–Crippen MR) is 92.4 cm³/mol. The molecule has 0 spiro atoms. The van der Waals surface area contributed by atoms with Gasteiger partial charge in [-0.3, -0.25) is 0 Å². The van der Waals surface area contributed by atoms with Crippen molar-refractivity contribution >= 4 is 17.2 Å². The number of aromatic nitrogens is 4. The van der Waals surface area contributed by atoms with Crippen LogP contribution in [0.25, 0.3) is 17.0 Å². The number of benzene rings is 2. The van der Waals surface area contributed by atoms with E-state index in [0.29, 0.717) is 5.65 Å². The Bertz CT molecular complexity index is 1170. The molecule has 0 atom stereocenters. The van der Waals surface area contributed by atoms with Gasteiger partial charge in [-0.15, -0.1) is 15.3 Å². The molecular weight excluding hydrogens is 357 g/mol. The third kappa shape index (κ3) is 2.72. The molecule has 0 bridgehead atoms. The fourth-order valence-corrected chi connectivity index (χ4v) is 2.66. The number of nitriles is 1. The third-order valence-corrected chi connectivity index (χ3v) is 3.97. The van der Waals surface area contributed by atoms with Gasteiger partial charge in [0.1, 0.15) is 23.2 Å². The van der Waals surface area contributed by atoms with Gasteiger partial charge in [0.2, 0.25) is 5.88 Å². The summed E-state index contributed by atoms with van der Waals surface area (Å²) >= 11 is 6.01. The number of ether oxygens (including phenoxy) is 1. The maximum absolute atomic E-state index is 14.1. The van der Waals surface area contributed by atoms with Gasteiger partial charge in [0.15, 0.2) is 11.5 Å². The van der Waals surface area contributed by atoms with E-state index in [-0.39, 0.29) is 33.6 Å². The Morgan fingerprint density at radius 2 is 1.88 bits per heavy atom. The smallest absolute Gasteiger partial charge is 0.237 e. The lowest BCUT2D eigenvalue weighted by molar-refractivity contribution is 0.451. The molecule has 0 saturated heterocycles. The second-order valence-corrected chi connectivity index (χ2v) is 5.68. The van der Waals surface area contributed by atoms with Gasteiger partial charge in [-0.2, -0.15) is 9.78 Å². The van der Waals surface area contributed by atoms with Crippen LogP contribution >= 0.6 is 11.6 Å². The van der Waals surface area contributed by atoms with Crippen molar-refractivity contribution in [3.63, 3.8) is 0 Å². The van der Waals surface area contributed by atoms with Gasteiger partial charge >= 0.3 is 0 Å². The highest BCUT2D eigenvalue weighted by Gasteiger charge is 2.15. The fraction of sp³-hybridized carbons (Fsp3) is 0. The molecule has 0 amide bonds. The molecule has 8 heteroatoms. The van der Waals surface area contributed by atoms with Crippen molar-refractivity contribution < 1.29 is 9.13 Å². The van der Waals surface area contributed by atoms with Crippen LogP contribution in [0.2, 0.25) is 5.02 Å². The van der Waals surface area contributed by atoms with Gasteiger partial charge in [-0.25, -0.2) is 4.39 Å². The van der Waals surface area contributed by atoms with Crippen LogP contribution in [0.15, 0.2) is 54.6 Å². The van der Waals surface area contributed by atoms with E-state index in [1.54, 1.807) is 48.5 Å². The van der Waals surface area contributed by atoms with E-state index in [2.05, 4.69) is 15.3 Å². The van der Waals surface area contributed by atoms with Crippen LogP contribution < -0.4 is 4.74 Å². The normalized spacial score (nSPS) is 10.7.